The first-order chi connectivity index (χ1) is 13.0. The molecule has 0 N–H and O–H groups in total. The van der Waals surface area contributed by atoms with E-state index in [2.05, 4.69) is 17.1 Å². The highest BCUT2D eigenvalue weighted by Gasteiger charge is 2.35. The van der Waals surface area contributed by atoms with Gasteiger partial charge < -0.3 is 9.42 Å². The molecular formula is C21H20FN3O2. The Morgan fingerprint density at radius 1 is 1.22 bits per heavy atom. The SMILES string of the molecule is CCc1ccc(-c2noc(C3CC(=O)N(c4cc(F)ccc4C)C3)n2)cc1. The van der Waals surface area contributed by atoms with Gasteiger partial charge in [-0.15, -0.1) is 0 Å². The number of aryl methyl sites for hydroxylation is 2. The number of benzene rings is 2. The van der Waals surface area contributed by atoms with Crippen molar-refractivity contribution in [2.24, 2.45) is 0 Å². The third-order valence-electron chi connectivity index (χ3n) is 5.00. The molecule has 138 valence electrons. The van der Waals surface area contributed by atoms with Crippen LogP contribution in [-0.2, 0) is 11.2 Å². The molecule has 0 bridgehead atoms. The lowest BCUT2D eigenvalue weighted by Crippen LogP contribution is -2.25. The standard InChI is InChI=1S/C21H20FN3O2/c1-3-14-5-7-15(8-6-14)20-23-21(27-24-20)16-10-19(26)25(12-16)18-11-17(22)9-4-13(18)2/h4-9,11,16H,3,10,12H2,1-2H3. The van der Waals surface area contributed by atoms with E-state index in [-0.39, 0.29) is 24.1 Å². The van der Waals surface area contributed by atoms with E-state index in [4.69, 9.17) is 4.52 Å². The van der Waals surface area contributed by atoms with Gasteiger partial charge in [0.1, 0.15) is 5.82 Å². The van der Waals surface area contributed by atoms with Crippen LogP contribution in [0.25, 0.3) is 11.4 Å². The van der Waals surface area contributed by atoms with Crippen LogP contribution >= 0.6 is 0 Å². The Morgan fingerprint density at radius 3 is 2.74 bits per heavy atom. The van der Waals surface area contributed by atoms with Crippen LogP contribution < -0.4 is 4.90 Å². The molecule has 0 spiro atoms. The molecule has 6 heteroatoms. The third kappa shape index (κ3) is 3.35. The zero-order valence-electron chi connectivity index (χ0n) is 15.3. The van der Waals surface area contributed by atoms with Gasteiger partial charge in [-0.3, -0.25) is 4.79 Å². The molecule has 1 atom stereocenters. The number of hydrogen-bond donors (Lipinski definition) is 0. The Kier molecular flexibility index (Phi) is 4.48. The van der Waals surface area contributed by atoms with Crippen LogP contribution in [0.1, 0.15) is 36.3 Å². The number of rotatable bonds is 4. The Hall–Kier alpha value is -3.02. The minimum atomic E-state index is -0.359. The van der Waals surface area contributed by atoms with Crippen molar-refractivity contribution in [1.29, 1.82) is 0 Å². The maximum absolute atomic E-state index is 13.6. The van der Waals surface area contributed by atoms with Crippen molar-refractivity contribution >= 4 is 11.6 Å². The van der Waals surface area contributed by atoms with E-state index >= 15 is 0 Å². The van der Waals surface area contributed by atoms with Crippen molar-refractivity contribution in [2.45, 2.75) is 32.6 Å². The first kappa shape index (κ1) is 17.4. The van der Waals surface area contributed by atoms with Crippen molar-refractivity contribution in [3.63, 3.8) is 0 Å². The van der Waals surface area contributed by atoms with Crippen molar-refractivity contribution in [3.05, 3.63) is 65.3 Å². The Bertz CT molecular complexity index is 981. The number of halogens is 1. The zero-order valence-corrected chi connectivity index (χ0v) is 15.3. The van der Waals surface area contributed by atoms with Crippen LogP contribution in [0.3, 0.4) is 0 Å². The lowest BCUT2D eigenvalue weighted by Gasteiger charge is -2.18. The maximum Gasteiger partial charge on any atom is 0.232 e. The molecular weight excluding hydrogens is 345 g/mol. The molecule has 2 heterocycles. The highest BCUT2D eigenvalue weighted by Crippen LogP contribution is 2.33. The van der Waals surface area contributed by atoms with Crippen molar-refractivity contribution in [2.75, 3.05) is 11.4 Å². The lowest BCUT2D eigenvalue weighted by molar-refractivity contribution is -0.117. The van der Waals surface area contributed by atoms with Gasteiger partial charge in [0, 0.05) is 24.2 Å². The van der Waals surface area contributed by atoms with Gasteiger partial charge >= 0.3 is 0 Å². The highest BCUT2D eigenvalue weighted by atomic mass is 19.1. The molecule has 1 aliphatic heterocycles. The predicted molar refractivity (Wildman–Crippen MR) is 100.0 cm³/mol. The van der Waals surface area contributed by atoms with Crippen LogP contribution in [-0.4, -0.2) is 22.6 Å². The van der Waals surface area contributed by atoms with Crippen LogP contribution in [0.15, 0.2) is 47.0 Å². The van der Waals surface area contributed by atoms with E-state index in [1.807, 2.05) is 31.2 Å². The van der Waals surface area contributed by atoms with E-state index in [1.165, 1.54) is 17.7 Å². The number of carbonyl (C=O) groups excluding carboxylic acids is 1. The van der Waals surface area contributed by atoms with Gasteiger partial charge in [0.25, 0.3) is 0 Å². The molecule has 0 aliphatic carbocycles. The lowest BCUT2D eigenvalue weighted by atomic mass is 10.1. The maximum atomic E-state index is 13.6. The van der Waals surface area contributed by atoms with Gasteiger partial charge in [0.15, 0.2) is 0 Å². The molecule has 1 unspecified atom stereocenters. The molecule has 2 aromatic carbocycles. The van der Waals surface area contributed by atoms with Crippen molar-refractivity contribution < 1.29 is 13.7 Å². The van der Waals surface area contributed by atoms with Crippen LogP contribution in [0.4, 0.5) is 10.1 Å². The Labute approximate surface area is 156 Å². The van der Waals surface area contributed by atoms with Gasteiger partial charge in [-0.25, -0.2) is 4.39 Å². The van der Waals surface area contributed by atoms with Gasteiger partial charge in [-0.2, -0.15) is 4.98 Å². The summed E-state index contributed by atoms with van der Waals surface area (Å²) in [6.45, 7) is 4.37. The molecule has 1 aliphatic rings. The summed E-state index contributed by atoms with van der Waals surface area (Å²) >= 11 is 0. The van der Waals surface area contributed by atoms with E-state index in [1.54, 1.807) is 11.0 Å². The highest BCUT2D eigenvalue weighted by molar-refractivity contribution is 5.97. The molecule has 1 fully saturated rings. The van der Waals surface area contributed by atoms with Gasteiger partial charge in [0.2, 0.25) is 17.6 Å². The van der Waals surface area contributed by atoms with E-state index in [0.29, 0.717) is 23.9 Å². The monoisotopic (exact) mass is 365 g/mol. The first-order valence-corrected chi connectivity index (χ1v) is 9.04. The summed E-state index contributed by atoms with van der Waals surface area (Å²) in [5, 5.41) is 4.07. The summed E-state index contributed by atoms with van der Waals surface area (Å²) in [4.78, 5) is 18.6. The summed E-state index contributed by atoms with van der Waals surface area (Å²) in [6.07, 6.45) is 1.24. The molecule has 0 saturated carbocycles. The second-order valence-corrected chi connectivity index (χ2v) is 6.84. The number of nitrogens with zero attached hydrogens (tertiary/aromatic N) is 3. The number of hydrogen-bond acceptors (Lipinski definition) is 4. The molecule has 1 aromatic heterocycles. The summed E-state index contributed by atoms with van der Waals surface area (Å²) in [5.41, 5.74) is 3.57. The van der Waals surface area contributed by atoms with Crippen LogP contribution in [0, 0.1) is 12.7 Å². The van der Waals surface area contributed by atoms with Crippen LogP contribution in [0.5, 0.6) is 0 Å². The summed E-state index contributed by atoms with van der Waals surface area (Å²) in [6, 6.07) is 12.5. The zero-order chi connectivity index (χ0) is 19.0. The summed E-state index contributed by atoms with van der Waals surface area (Å²) in [7, 11) is 0. The molecule has 1 saturated heterocycles. The van der Waals surface area contributed by atoms with Crippen molar-refractivity contribution in [3.8, 4) is 11.4 Å². The summed E-state index contributed by atoms with van der Waals surface area (Å²) in [5.74, 6) is 0.328. The second-order valence-electron chi connectivity index (χ2n) is 6.84. The first-order valence-electron chi connectivity index (χ1n) is 9.04. The molecule has 3 aromatic rings. The Balaban J connectivity index is 1.56. The average Bonchev–Trinajstić information content (AvgIpc) is 3.31. The number of amides is 1. The summed E-state index contributed by atoms with van der Waals surface area (Å²) < 4.78 is 19.0. The minimum absolute atomic E-state index is 0.0688. The number of anilines is 1. The second kappa shape index (κ2) is 6.95. The topological polar surface area (TPSA) is 59.2 Å². The molecule has 5 nitrogen and oxygen atoms in total. The Morgan fingerprint density at radius 2 is 2.00 bits per heavy atom. The third-order valence-corrected chi connectivity index (χ3v) is 5.00. The quantitative estimate of drug-likeness (QED) is 0.693. The van der Waals surface area contributed by atoms with Gasteiger partial charge in [0.05, 0.1) is 5.92 Å². The largest absolute Gasteiger partial charge is 0.339 e. The minimum Gasteiger partial charge on any atom is -0.339 e. The smallest absolute Gasteiger partial charge is 0.232 e. The van der Waals surface area contributed by atoms with Gasteiger partial charge in [-0.05, 0) is 36.6 Å². The molecule has 0 radical (unpaired) electrons. The number of aromatic nitrogens is 2. The fraction of sp³-hybridized carbons (Fsp3) is 0.286. The number of carbonyl (C=O) groups is 1. The van der Waals surface area contributed by atoms with E-state index in [9.17, 15) is 9.18 Å². The van der Waals surface area contributed by atoms with E-state index in [0.717, 1.165) is 17.5 Å². The molecule has 27 heavy (non-hydrogen) atoms. The fourth-order valence-electron chi connectivity index (χ4n) is 3.39. The van der Waals surface area contributed by atoms with Gasteiger partial charge in [-0.1, -0.05) is 42.4 Å². The fourth-order valence-corrected chi connectivity index (χ4v) is 3.39. The predicted octanol–water partition coefficient (Wildman–Crippen LogP) is 4.27. The normalized spacial score (nSPS) is 16.9. The van der Waals surface area contributed by atoms with Crippen molar-refractivity contribution in [1.82, 2.24) is 10.1 Å². The van der Waals surface area contributed by atoms with Crippen LogP contribution in [0.2, 0.25) is 0 Å². The molecule has 4 rings (SSSR count). The molecule has 1 amide bonds. The average molecular weight is 365 g/mol. The van der Waals surface area contributed by atoms with E-state index < -0.39 is 0 Å².